The Balaban J connectivity index is 2.05. The molecule has 4 heteroatoms. The summed E-state index contributed by atoms with van der Waals surface area (Å²) in [7, 11) is 0. The number of rotatable bonds is 6. The van der Waals surface area contributed by atoms with Gasteiger partial charge in [-0.3, -0.25) is 0 Å². The summed E-state index contributed by atoms with van der Waals surface area (Å²) in [6.45, 7) is 3.03. The first kappa shape index (κ1) is 15.3. The number of hydrogen-bond acceptors (Lipinski definition) is 4. The zero-order valence-corrected chi connectivity index (χ0v) is 12.1. The van der Waals surface area contributed by atoms with E-state index in [0.717, 1.165) is 43.5 Å². The van der Waals surface area contributed by atoms with Crippen LogP contribution in [0.5, 0.6) is 5.75 Å². The molecule has 0 aliphatic heterocycles. The van der Waals surface area contributed by atoms with Crippen molar-refractivity contribution in [2.75, 3.05) is 13.2 Å². The maximum Gasteiger partial charge on any atom is 0.125 e. The van der Waals surface area contributed by atoms with Crippen molar-refractivity contribution in [3.05, 3.63) is 29.8 Å². The first-order valence-corrected chi connectivity index (χ1v) is 7.44. The van der Waals surface area contributed by atoms with Gasteiger partial charge in [-0.05, 0) is 31.9 Å². The van der Waals surface area contributed by atoms with E-state index in [2.05, 4.69) is 12.2 Å². The largest absolute Gasteiger partial charge is 0.490 e. The minimum atomic E-state index is -0.216. The van der Waals surface area contributed by atoms with Gasteiger partial charge in [0.05, 0.1) is 13.2 Å². The molecule has 0 spiro atoms. The summed E-state index contributed by atoms with van der Waals surface area (Å²) >= 11 is 0. The zero-order chi connectivity index (χ0) is 14.4. The molecule has 0 aromatic heterocycles. The number of likely N-dealkylation sites (N-methyl/N-ethyl adjacent to an activating group) is 1. The first-order chi connectivity index (χ1) is 9.73. The fourth-order valence-electron chi connectivity index (χ4n) is 3.07. The minimum Gasteiger partial charge on any atom is -0.490 e. The molecule has 0 saturated heterocycles. The molecular weight excluding hydrogens is 254 g/mol. The van der Waals surface area contributed by atoms with Gasteiger partial charge in [0.15, 0.2) is 0 Å². The molecule has 1 fully saturated rings. The monoisotopic (exact) mass is 279 g/mol. The minimum absolute atomic E-state index is 0.0127. The number of aliphatic hydroxyl groups excluding tert-OH is 2. The molecule has 2 atom stereocenters. The molecule has 1 saturated carbocycles. The third-order valence-electron chi connectivity index (χ3n) is 4.09. The standard InChI is InChI=1S/C16H25NO3/c1-2-17-16(12-19)9-5-7-14(10-16)20-15-8-4-3-6-13(15)11-18/h3-4,6,8,14,17-19H,2,5,7,9-12H2,1H3. The quantitative estimate of drug-likeness (QED) is 0.743. The highest BCUT2D eigenvalue weighted by Crippen LogP contribution is 2.32. The van der Waals surface area contributed by atoms with E-state index in [-0.39, 0.29) is 24.9 Å². The highest BCUT2D eigenvalue weighted by Gasteiger charge is 2.36. The van der Waals surface area contributed by atoms with Crippen LogP contribution in [0.25, 0.3) is 0 Å². The van der Waals surface area contributed by atoms with Gasteiger partial charge in [-0.15, -0.1) is 0 Å². The maximum atomic E-state index is 9.70. The Kier molecular flexibility index (Phi) is 5.40. The van der Waals surface area contributed by atoms with Gasteiger partial charge in [0.1, 0.15) is 11.9 Å². The van der Waals surface area contributed by atoms with Crippen LogP contribution in [0, 0.1) is 0 Å². The Labute approximate surface area is 120 Å². The molecule has 4 nitrogen and oxygen atoms in total. The normalized spacial score (nSPS) is 26.4. The maximum absolute atomic E-state index is 9.70. The van der Waals surface area contributed by atoms with Crippen LogP contribution in [0.4, 0.5) is 0 Å². The third-order valence-corrected chi connectivity index (χ3v) is 4.09. The fourth-order valence-corrected chi connectivity index (χ4v) is 3.07. The second-order valence-corrected chi connectivity index (χ2v) is 5.57. The molecule has 1 aromatic rings. The Morgan fingerprint density at radius 3 is 2.85 bits per heavy atom. The van der Waals surface area contributed by atoms with Gasteiger partial charge in [-0.1, -0.05) is 25.1 Å². The molecule has 1 aliphatic rings. The van der Waals surface area contributed by atoms with E-state index in [9.17, 15) is 10.2 Å². The van der Waals surface area contributed by atoms with Gasteiger partial charge in [0.2, 0.25) is 0 Å². The van der Waals surface area contributed by atoms with Crippen LogP contribution in [0.3, 0.4) is 0 Å². The molecule has 2 unspecified atom stereocenters. The first-order valence-electron chi connectivity index (χ1n) is 7.44. The Hall–Kier alpha value is -1.10. The molecule has 3 N–H and O–H groups in total. The number of ether oxygens (including phenoxy) is 1. The van der Waals surface area contributed by atoms with Crippen molar-refractivity contribution in [3.63, 3.8) is 0 Å². The van der Waals surface area contributed by atoms with Gasteiger partial charge in [0.25, 0.3) is 0 Å². The lowest BCUT2D eigenvalue weighted by Gasteiger charge is -2.40. The summed E-state index contributed by atoms with van der Waals surface area (Å²) in [5, 5.41) is 22.5. The topological polar surface area (TPSA) is 61.7 Å². The predicted molar refractivity (Wildman–Crippen MR) is 78.7 cm³/mol. The lowest BCUT2D eigenvalue weighted by Crippen LogP contribution is -2.53. The molecule has 1 aliphatic carbocycles. The molecule has 20 heavy (non-hydrogen) atoms. The van der Waals surface area contributed by atoms with Gasteiger partial charge < -0.3 is 20.3 Å². The lowest BCUT2D eigenvalue weighted by atomic mass is 9.80. The van der Waals surface area contributed by atoms with Gasteiger partial charge in [0, 0.05) is 17.5 Å². The summed E-state index contributed by atoms with van der Waals surface area (Å²) in [6.07, 6.45) is 3.91. The van der Waals surface area contributed by atoms with Crippen LogP contribution >= 0.6 is 0 Å². The lowest BCUT2D eigenvalue weighted by molar-refractivity contribution is 0.0509. The van der Waals surface area contributed by atoms with Crippen molar-refractivity contribution >= 4 is 0 Å². The van der Waals surface area contributed by atoms with Crippen molar-refractivity contribution in [1.29, 1.82) is 0 Å². The number of para-hydroxylation sites is 1. The number of aliphatic hydroxyl groups is 2. The number of nitrogens with one attached hydrogen (secondary N) is 1. The molecule has 0 heterocycles. The average molecular weight is 279 g/mol. The molecule has 0 bridgehead atoms. The summed E-state index contributed by atoms with van der Waals surface area (Å²) in [6, 6.07) is 7.59. The van der Waals surface area contributed by atoms with Crippen molar-refractivity contribution in [2.45, 2.75) is 50.9 Å². The average Bonchev–Trinajstić information content (AvgIpc) is 2.48. The van der Waals surface area contributed by atoms with E-state index >= 15 is 0 Å². The van der Waals surface area contributed by atoms with E-state index in [1.807, 2.05) is 24.3 Å². The van der Waals surface area contributed by atoms with Crippen molar-refractivity contribution < 1.29 is 14.9 Å². The summed E-state index contributed by atoms with van der Waals surface area (Å²) in [4.78, 5) is 0. The highest BCUT2D eigenvalue weighted by atomic mass is 16.5. The Morgan fingerprint density at radius 1 is 1.35 bits per heavy atom. The van der Waals surface area contributed by atoms with E-state index in [1.165, 1.54) is 0 Å². The van der Waals surface area contributed by atoms with Gasteiger partial charge >= 0.3 is 0 Å². The second-order valence-electron chi connectivity index (χ2n) is 5.57. The number of benzene rings is 1. The van der Waals surface area contributed by atoms with E-state index in [0.29, 0.717) is 0 Å². The van der Waals surface area contributed by atoms with Gasteiger partial charge in [-0.2, -0.15) is 0 Å². The second kappa shape index (κ2) is 7.07. The van der Waals surface area contributed by atoms with Crippen LogP contribution < -0.4 is 10.1 Å². The Bertz CT molecular complexity index is 420. The van der Waals surface area contributed by atoms with Crippen molar-refractivity contribution in [3.8, 4) is 5.75 Å². The molecule has 2 rings (SSSR count). The molecular formula is C16H25NO3. The van der Waals surface area contributed by atoms with Crippen LogP contribution in [-0.2, 0) is 6.61 Å². The van der Waals surface area contributed by atoms with Crippen molar-refractivity contribution in [1.82, 2.24) is 5.32 Å². The van der Waals surface area contributed by atoms with E-state index in [1.54, 1.807) is 0 Å². The summed E-state index contributed by atoms with van der Waals surface area (Å²) in [5.41, 5.74) is 0.599. The summed E-state index contributed by atoms with van der Waals surface area (Å²) in [5.74, 6) is 0.755. The SMILES string of the molecule is CCNC1(CO)CCCC(Oc2ccccc2CO)C1. The zero-order valence-electron chi connectivity index (χ0n) is 12.1. The van der Waals surface area contributed by atoms with Crippen LogP contribution in [0.2, 0.25) is 0 Å². The third kappa shape index (κ3) is 3.51. The van der Waals surface area contributed by atoms with Gasteiger partial charge in [-0.25, -0.2) is 0 Å². The number of hydrogen-bond donors (Lipinski definition) is 3. The smallest absolute Gasteiger partial charge is 0.125 e. The molecule has 1 aromatic carbocycles. The van der Waals surface area contributed by atoms with Crippen LogP contribution in [0.1, 0.15) is 38.2 Å². The fraction of sp³-hybridized carbons (Fsp3) is 0.625. The van der Waals surface area contributed by atoms with E-state index < -0.39 is 0 Å². The highest BCUT2D eigenvalue weighted by molar-refractivity contribution is 5.32. The van der Waals surface area contributed by atoms with Crippen LogP contribution in [-0.4, -0.2) is 35.0 Å². The van der Waals surface area contributed by atoms with Crippen LogP contribution in [0.15, 0.2) is 24.3 Å². The Morgan fingerprint density at radius 2 is 2.15 bits per heavy atom. The van der Waals surface area contributed by atoms with Crippen molar-refractivity contribution in [2.24, 2.45) is 0 Å². The molecule has 0 amide bonds. The summed E-state index contributed by atoms with van der Waals surface area (Å²) < 4.78 is 6.07. The predicted octanol–water partition coefficient (Wildman–Crippen LogP) is 1.84. The molecule has 112 valence electrons. The molecule has 0 radical (unpaired) electrons. The van der Waals surface area contributed by atoms with E-state index in [4.69, 9.17) is 4.74 Å².